The van der Waals surface area contributed by atoms with Gasteiger partial charge in [0, 0.05) is 25.1 Å². The molecule has 2 atom stereocenters. The molecule has 27 heavy (non-hydrogen) atoms. The summed E-state index contributed by atoms with van der Waals surface area (Å²) < 4.78 is 5.99. The summed E-state index contributed by atoms with van der Waals surface area (Å²) in [6.45, 7) is 3.89. The van der Waals surface area contributed by atoms with Gasteiger partial charge in [-0.1, -0.05) is 42.0 Å². The maximum Gasteiger partial charge on any atom is 0.254 e. The molecule has 0 aliphatic carbocycles. The third-order valence-electron chi connectivity index (χ3n) is 6.12. The van der Waals surface area contributed by atoms with E-state index in [4.69, 9.17) is 4.74 Å². The molecule has 2 aromatic rings. The topological polar surface area (TPSA) is 49.9 Å². The lowest BCUT2D eigenvalue weighted by molar-refractivity contribution is -0.136. The number of hydrogen-bond acceptors (Lipinski definition) is 3. The van der Waals surface area contributed by atoms with Crippen LogP contribution in [0, 0.1) is 6.92 Å². The summed E-state index contributed by atoms with van der Waals surface area (Å²) in [6.07, 6.45) is 1.07. The Morgan fingerprint density at radius 3 is 2.70 bits per heavy atom. The van der Waals surface area contributed by atoms with E-state index < -0.39 is 5.72 Å². The second-order valence-corrected chi connectivity index (χ2v) is 7.66. The van der Waals surface area contributed by atoms with Crippen molar-refractivity contribution in [3.05, 3.63) is 59.7 Å². The number of amides is 2. The second kappa shape index (κ2) is 5.92. The molecular formula is C22H22N2O3. The van der Waals surface area contributed by atoms with E-state index in [9.17, 15) is 9.59 Å². The molecule has 5 nitrogen and oxygen atoms in total. The van der Waals surface area contributed by atoms with Crippen molar-refractivity contribution in [1.29, 1.82) is 0 Å². The zero-order valence-electron chi connectivity index (χ0n) is 15.4. The van der Waals surface area contributed by atoms with Crippen LogP contribution in [0.4, 0.5) is 0 Å². The third kappa shape index (κ3) is 2.42. The summed E-state index contributed by atoms with van der Waals surface area (Å²) in [7, 11) is 0. The summed E-state index contributed by atoms with van der Waals surface area (Å²) in [5, 5.41) is 0. The van der Waals surface area contributed by atoms with Gasteiger partial charge in [-0.2, -0.15) is 0 Å². The Morgan fingerprint density at radius 2 is 1.89 bits per heavy atom. The first-order valence-corrected chi connectivity index (χ1v) is 9.51. The average molecular weight is 362 g/mol. The Bertz CT molecular complexity index is 941. The van der Waals surface area contributed by atoms with Gasteiger partial charge in [0.15, 0.2) is 5.72 Å². The summed E-state index contributed by atoms with van der Waals surface area (Å²) in [5.74, 6) is 0.0834. The first kappa shape index (κ1) is 16.5. The minimum absolute atomic E-state index is 0.0171. The molecule has 3 saturated heterocycles. The normalized spacial score (nSPS) is 26.4. The van der Waals surface area contributed by atoms with Crippen LogP contribution in [0.3, 0.4) is 0 Å². The van der Waals surface area contributed by atoms with Crippen molar-refractivity contribution in [2.24, 2.45) is 0 Å². The highest BCUT2D eigenvalue weighted by molar-refractivity contribution is 5.97. The van der Waals surface area contributed by atoms with Crippen LogP contribution in [0.1, 0.15) is 28.8 Å². The SMILES string of the molecule is Cc1cccc(-c2cccc(C(=O)N3CC[C@@]45OCCN4C(=O)C[C@@H]35)c2)c1. The van der Waals surface area contributed by atoms with Gasteiger partial charge >= 0.3 is 0 Å². The van der Waals surface area contributed by atoms with Crippen LogP contribution >= 0.6 is 0 Å². The summed E-state index contributed by atoms with van der Waals surface area (Å²) in [5.41, 5.74) is 3.40. The fraction of sp³-hybridized carbons (Fsp3) is 0.364. The minimum atomic E-state index is -0.582. The van der Waals surface area contributed by atoms with Crippen molar-refractivity contribution in [3.8, 4) is 11.1 Å². The lowest BCUT2D eigenvalue weighted by atomic mass is 10.0. The first-order valence-electron chi connectivity index (χ1n) is 9.51. The fourth-order valence-electron chi connectivity index (χ4n) is 4.86. The van der Waals surface area contributed by atoms with E-state index in [1.165, 1.54) is 5.56 Å². The van der Waals surface area contributed by atoms with Crippen LogP contribution in [0.15, 0.2) is 48.5 Å². The van der Waals surface area contributed by atoms with Crippen molar-refractivity contribution >= 4 is 11.8 Å². The minimum Gasteiger partial charge on any atom is -0.351 e. The van der Waals surface area contributed by atoms with Crippen molar-refractivity contribution in [3.63, 3.8) is 0 Å². The number of hydrogen-bond donors (Lipinski definition) is 0. The highest BCUT2D eigenvalue weighted by Crippen LogP contribution is 2.46. The first-order chi connectivity index (χ1) is 13.1. The third-order valence-corrected chi connectivity index (χ3v) is 6.12. The number of ether oxygens (including phenoxy) is 1. The van der Waals surface area contributed by atoms with E-state index in [2.05, 4.69) is 25.1 Å². The Morgan fingerprint density at radius 1 is 1.11 bits per heavy atom. The number of carbonyl (C=O) groups is 2. The molecule has 3 aliphatic rings. The number of carbonyl (C=O) groups excluding carboxylic acids is 2. The van der Waals surface area contributed by atoms with Crippen LogP contribution < -0.4 is 0 Å². The molecule has 5 rings (SSSR count). The highest BCUT2D eigenvalue weighted by Gasteiger charge is 2.62. The average Bonchev–Trinajstić information content (AvgIpc) is 3.32. The molecular weight excluding hydrogens is 340 g/mol. The molecule has 2 amide bonds. The lowest BCUT2D eigenvalue weighted by Crippen LogP contribution is -2.48. The predicted molar refractivity (Wildman–Crippen MR) is 101 cm³/mol. The van der Waals surface area contributed by atoms with Gasteiger partial charge in [0.1, 0.15) is 0 Å². The highest BCUT2D eigenvalue weighted by atomic mass is 16.5. The molecule has 3 aliphatic heterocycles. The molecule has 0 saturated carbocycles. The maximum atomic E-state index is 13.3. The Labute approximate surface area is 158 Å². The molecule has 3 heterocycles. The van der Waals surface area contributed by atoms with Gasteiger partial charge in [-0.3, -0.25) is 9.59 Å². The fourth-order valence-corrected chi connectivity index (χ4v) is 4.86. The standard InChI is InChI=1S/C22H22N2O3/c1-15-4-2-5-16(12-15)17-6-3-7-18(13-17)21(26)23-9-8-22-19(23)14-20(25)24(22)10-11-27-22/h2-7,12-13,19H,8-11,14H2,1H3/t19-,22+/m1/s1. The Kier molecular flexibility index (Phi) is 3.62. The molecule has 138 valence electrons. The van der Waals surface area contributed by atoms with Gasteiger partial charge in [-0.05, 0) is 30.2 Å². The molecule has 0 radical (unpaired) electrons. The van der Waals surface area contributed by atoms with Gasteiger partial charge in [-0.25, -0.2) is 0 Å². The zero-order chi connectivity index (χ0) is 18.6. The quantitative estimate of drug-likeness (QED) is 0.825. The summed E-state index contributed by atoms with van der Waals surface area (Å²) >= 11 is 0. The lowest BCUT2D eigenvalue weighted by Gasteiger charge is -2.31. The van der Waals surface area contributed by atoms with Crippen LogP contribution in [0.2, 0.25) is 0 Å². The monoisotopic (exact) mass is 362 g/mol. The van der Waals surface area contributed by atoms with E-state index in [1.807, 2.05) is 40.1 Å². The smallest absolute Gasteiger partial charge is 0.254 e. The van der Waals surface area contributed by atoms with Gasteiger partial charge in [0.2, 0.25) is 5.91 Å². The van der Waals surface area contributed by atoms with E-state index >= 15 is 0 Å². The van der Waals surface area contributed by atoms with Crippen LogP contribution in [-0.2, 0) is 9.53 Å². The number of likely N-dealkylation sites (tertiary alicyclic amines) is 1. The second-order valence-electron chi connectivity index (χ2n) is 7.66. The Hall–Kier alpha value is -2.66. The van der Waals surface area contributed by atoms with E-state index in [0.717, 1.165) is 11.1 Å². The largest absolute Gasteiger partial charge is 0.351 e. The maximum absolute atomic E-state index is 13.3. The van der Waals surface area contributed by atoms with Crippen LogP contribution in [0.25, 0.3) is 11.1 Å². The van der Waals surface area contributed by atoms with Crippen molar-refractivity contribution in [2.75, 3.05) is 19.7 Å². The Balaban J connectivity index is 1.45. The van der Waals surface area contributed by atoms with Crippen LogP contribution in [-0.4, -0.2) is 53.1 Å². The van der Waals surface area contributed by atoms with E-state index in [1.54, 1.807) is 0 Å². The van der Waals surface area contributed by atoms with Crippen LogP contribution in [0.5, 0.6) is 0 Å². The molecule has 0 N–H and O–H groups in total. The molecule has 0 aromatic heterocycles. The molecule has 5 heteroatoms. The molecule has 2 aromatic carbocycles. The molecule has 1 spiro atoms. The number of nitrogens with zero attached hydrogens (tertiary/aromatic N) is 2. The van der Waals surface area contributed by atoms with Gasteiger partial charge < -0.3 is 14.5 Å². The molecule has 0 unspecified atom stereocenters. The number of aryl methyl sites for hydroxylation is 1. The number of benzene rings is 2. The van der Waals surface area contributed by atoms with Crippen molar-refractivity contribution in [1.82, 2.24) is 9.80 Å². The van der Waals surface area contributed by atoms with Crippen molar-refractivity contribution in [2.45, 2.75) is 31.5 Å². The van der Waals surface area contributed by atoms with Gasteiger partial charge in [0.05, 0.1) is 19.1 Å². The molecule has 0 bridgehead atoms. The number of rotatable bonds is 2. The van der Waals surface area contributed by atoms with E-state index in [0.29, 0.717) is 38.1 Å². The van der Waals surface area contributed by atoms with Gasteiger partial charge in [-0.15, -0.1) is 0 Å². The van der Waals surface area contributed by atoms with Gasteiger partial charge in [0.25, 0.3) is 5.91 Å². The molecule has 3 fully saturated rings. The van der Waals surface area contributed by atoms with E-state index in [-0.39, 0.29) is 17.9 Å². The van der Waals surface area contributed by atoms with Crippen molar-refractivity contribution < 1.29 is 14.3 Å². The summed E-state index contributed by atoms with van der Waals surface area (Å²) in [6, 6.07) is 15.8. The predicted octanol–water partition coefficient (Wildman–Crippen LogP) is 2.84. The summed E-state index contributed by atoms with van der Waals surface area (Å²) in [4.78, 5) is 29.3. The zero-order valence-corrected chi connectivity index (χ0v) is 15.4.